The first-order valence-corrected chi connectivity index (χ1v) is 18.7. The second-order valence-corrected chi connectivity index (χ2v) is 15.1. The van der Waals surface area contributed by atoms with Gasteiger partial charge in [0, 0.05) is 48.3 Å². The minimum absolute atomic E-state index is 0.0152. The lowest BCUT2D eigenvalue weighted by Gasteiger charge is -2.40. The Bertz CT molecular complexity index is 1890. The molecule has 2 fully saturated rings. The number of halogens is 1. The van der Waals surface area contributed by atoms with Crippen molar-refractivity contribution in [3.63, 3.8) is 0 Å². The number of nitrogens with one attached hydrogen (secondary N) is 1. The van der Waals surface area contributed by atoms with Gasteiger partial charge in [-0.2, -0.15) is 0 Å². The van der Waals surface area contributed by atoms with Crippen molar-refractivity contribution in [3.05, 3.63) is 89.0 Å². The Labute approximate surface area is 288 Å². The zero-order valence-electron chi connectivity index (χ0n) is 28.5. The van der Waals surface area contributed by atoms with E-state index in [1.54, 1.807) is 31.2 Å². The molecule has 2 aliphatic heterocycles. The summed E-state index contributed by atoms with van der Waals surface area (Å²) in [6.45, 7) is 8.31. The van der Waals surface area contributed by atoms with Crippen LogP contribution in [0.2, 0.25) is 0 Å². The molecule has 3 heterocycles. The average Bonchev–Trinajstić information content (AvgIpc) is 3.14. The van der Waals surface area contributed by atoms with Crippen molar-refractivity contribution in [3.8, 4) is 17.0 Å². The number of piperidine rings is 1. The van der Waals surface area contributed by atoms with E-state index in [-0.39, 0.29) is 28.3 Å². The summed E-state index contributed by atoms with van der Waals surface area (Å²) in [6.07, 6.45) is 1.96. The normalized spacial score (nSPS) is 17.2. The maximum Gasteiger partial charge on any atom is 0.252 e. The molecule has 11 heteroatoms. The molecule has 9 nitrogen and oxygen atoms in total. The highest BCUT2D eigenvalue weighted by Crippen LogP contribution is 2.37. The fourth-order valence-corrected chi connectivity index (χ4v) is 8.08. The lowest BCUT2D eigenvalue weighted by atomic mass is 9.93. The van der Waals surface area contributed by atoms with E-state index >= 15 is 0 Å². The van der Waals surface area contributed by atoms with Crippen molar-refractivity contribution >= 4 is 26.6 Å². The number of methoxy groups -OCH3 is 1. The van der Waals surface area contributed by atoms with E-state index in [4.69, 9.17) is 14.5 Å². The van der Waals surface area contributed by atoms with E-state index < -0.39 is 16.5 Å². The summed E-state index contributed by atoms with van der Waals surface area (Å²) in [5, 5.41) is 3.62. The number of sulfone groups is 1. The average molecular weight is 689 g/mol. The predicted octanol–water partition coefficient (Wildman–Crippen LogP) is 5.96. The zero-order chi connectivity index (χ0) is 34.5. The van der Waals surface area contributed by atoms with Crippen LogP contribution in [0.5, 0.6) is 5.75 Å². The Kier molecular flexibility index (Phi) is 10.9. The third-order valence-corrected chi connectivity index (χ3v) is 11.6. The van der Waals surface area contributed by atoms with Crippen LogP contribution in [-0.2, 0) is 27.8 Å². The molecule has 1 N–H and O–H groups in total. The van der Waals surface area contributed by atoms with Gasteiger partial charge in [-0.3, -0.25) is 14.6 Å². The number of morpholine rings is 1. The summed E-state index contributed by atoms with van der Waals surface area (Å²) in [5.74, 6) is -0.310. The molecule has 3 aromatic carbocycles. The molecule has 2 saturated heterocycles. The van der Waals surface area contributed by atoms with Crippen LogP contribution in [0.4, 0.5) is 4.39 Å². The number of carbonyl (C=O) groups is 1. The highest BCUT2D eigenvalue weighted by Gasteiger charge is 2.30. The number of likely N-dealkylation sites (tertiary alicyclic amines) is 1. The summed E-state index contributed by atoms with van der Waals surface area (Å²) in [4.78, 5) is 24.6. The van der Waals surface area contributed by atoms with E-state index in [1.807, 2.05) is 43.3 Å². The van der Waals surface area contributed by atoms with Crippen LogP contribution in [0, 0.1) is 0 Å². The van der Waals surface area contributed by atoms with Gasteiger partial charge < -0.3 is 14.8 Å². The third kappa shape index (κ3) is 7.65. The quantitative estimate of drug-likeness (QED) is 0.206. The van der Waals surface area contributed by atoms with Crippen molar-refractivity contribution in [1.82, 2.24) is 20.1 Å². The van der Waals surface area contributed by atoms with Crippen molar-refractivity contribution in [2.75, 3.05) is 52.3 Å². The molecule has 0 spiro atoms. The number of aromatic nitrogens is 1. The van der Waals surface area contributed by atoms with Gasteiger partial charge in [-0.05, 0) is 56.1 Å². The van der Waals surface area contributed by atoms with E-state index in [0.29, 0.717) is 51.4 Å². The predicted molar refractivity (Wildman–Crippen MR) is 189 cm³/mol. The minimum Gasteiger partial charge on any atom is -0.495 e. The minimum atomic E-state index is -3.72. The monoisotopic (exact) mass is 688 g/mol. The Balaban J connectivity index is 1.51. The number of pyridine rings is 1. The number of ether oxygens (including phenoxy) is 2. The Morgan fingerprint density at radius 3 is 2.45 bits per heavy atom. The molecule has 2 aliphatic rings. The van der Waals surface area contributed by atoms with Gasteiger partial charge in [-0.1, -0.05) is 55.5 Å². The first-order chi connectivity index (χ1) is 23.7. The Morgan fingerprint density at radius 2 is 1.78 bits per heavy atom. The van der Waals surface area contributed by atoms with Gasteiger partial charge >= 0.3 is 0 Å². The van der Waals surface area contributed by atoms with Gasteiger partial charge in [-0.15, -0.1) is 0 Å². The first-order valence-electron chi connectivity index (χ1n) is 17.0. The standard InChI is InChI=1S/C38H45FN4O5S/c1-4-49(45,46)35-22-31-33(23-34(35)47-3)41-37(29-12-8-9-27(21-29)24-39)32(36(31)38(44)40-26(2)28-10-6-5-7-11-28)25-42-15-13-30(14-16-42)43-17-19-48-20-18-43/h5-12,21-23,26,30H,4,13-20,24-25H2,1-3H3,(H,40,44)/t26-/m0/s1. The number of hydrogen-bond donors (Lipinski definition) is 1. The SMILES string of the molecule is CCS(=O)(=O)c1cc2c(C(=O)N[C@@H](C)c3ccccc3)c(CN3CCC(N4CCOCC4)CC3)c(-c3cccc(CF)c3)nc2cc1OC. The second-order valence-electron chi connectivity index (χ2n) is 12.8. The molecule has 0 radical (unpaired) electrons. The van der Waals surface area contributed by atoms with Crippen LogP contribution < -0.4 is 10.1 Å². The number of carbonyl (C=O) groups excluding carboxylic acids is 1. The molecule has 0 unspecified atom stereocenters. The fraction of sp³-hybridized carbons (Fsp3) is 0.421. The van der Waals surface area contributed by atoms with Crippen LogP contribution in [0.1, 0.15) is 59.8 Å². The highest BCUT2D eigenvalue weighted by atomic mass is 32.2. The smallest absolute Gasteiger partial charge is 0.252 e. The largest absolute Gasteiger partial charge is 0.495 e. The molecule has 1 aromatic heterocycles. The molecular weight excluding hydrogens is 644 g/mol. The lowest BCUT2D eigenvalue weighted by molar-refractivity contribution is 0.000225. The maximum absolute atomic E-state index is 14.6. The van der Waals surface area contributed by atoms with Gasteiger partial charge in [0.1, 0.15) is 17.3 Å². The van der Waals surface area contributed by atoms with Crippen molar-refractivity contribution in [2.45, 2.75) is 56.9 Å². The fourth-order valence-electron chi connectivity index (χ4n) is 7.03. The summed E-state index contributed by atoms with van der Waals surface area (Å²) in [5.41, 5.74) is 4.14. The number of fused-ring (bicyclic) bond motifs is 1. The first kappa shape index (κ1) is 34.9. The molecule has 1 atom stereocenters. The zero-order valence-corrected chi connectivity index (χ0v) is 29.3. The molecule has 4 aromatic rings. The number of rotatable bonds is 11. The van der Waals surface area contributed by atoms with Gasteiger partial charge in [0.2, 0.25) is 0 Å². The van der Waals surface area contributed by atoms with Gasteiger partial charge in [0.05, 0.1) is 48.9 Å². The third-order valence-electron chi connectivity index (χ3n) is 9.82. The molecule has 0 bridgehead atoms. The van der Waals surface area contributed by atoms with Crippen LogP contribution >= 0.6 is 0 Å². The van der Waals surface area contributed by atoms with E-state index in [0.717, 1.165) is 57.8 Å². The van der Waals surface area contributed by atoms with E-state index in [9.17, 15) is 17.6 Å². The number of amides is 1. The number of nitrogens with zero attached hydrogens (tertiary/aromatic N) is 3. The van der Waals surface area contributed by atoms with E-state index in [2.05, 4.69) is 15.1 Å². The summed E-state index contributed by atoms with van der Waals surface area (Å²) >= 11 is 0. The molecule has 1 amide bonds. The number of alkyl halides is 1. The molecule has 0 aliphatic carbocycles. The highest BCUT2D eigenvalue weighted by molar-refractivity contribution is 7.91. The molecule has 260 valence electrons. The topological polar surface area (TPSA) is 101 Å². The summed E-state index contributed by atoms with van der Waals surface area (Å²) < 4.78 is 51.8. The van der Waals surface area contributed by atoms with Crippen LogP contribution in [0.3, 0.4) is 0 Å². The van der Waals surface area contributed by atoms with Crippen molar-refractivity contribution in [2.24, 2.45) is 0 Å². The van der Waals surface area contributed by atoms with Gasteiger partial charge in [0.15, 0.2) is 9.84 Å². The molecule has 0 saturated carbocycles. The van der Waals surface area contributed by atoms with Crippen LogP contribution in [0.15, 0.2) is 71.6 Å². The second kappa shape index (κ2) is 15.3. The van der Waals surface area contributed by atoms with E-state index in [1.165, 1.54) is 13.2 Å². The summed E-state index contributed by atoms with van der Waals surface area (Å²) in [7, 11) is -2.30. The molecule has 49 heavy (non-hydrogen) atoms. The Hall–Kier alpha value is -3.90. The maximum atomic E-state index is 14.6. The van der Waals surface area contributed by atoms with Crippen LogP contribution in [-0.4, -0.2) is 87.4 Å². The van der Waals surface area contributed by atoms with Crippen molar-refractivity contribution in [1.29, 1.82) is 0 Å². The van der Waals surface area contributed by atoms with Crippen molar-refractivity contribution < 1.29 is 27.1 Å². The number of benzene rings is 3. The summed E-state index contributed by atoms with van der Waals surface area (Å²) in [6, 6.07) is 20.1. The van der Waals surface area contributed by atoms with Gasteiger partial charge in [-0.25, -0.2) is 17.8 Å². The molecule has 6 rings (SSSR count). The molecular formula is C38H45FN4O5S. The number of hydrogen-bond acceptors (Lipinski definition) is 8. The van der Waals surface area contributed by atoms with Gasteiger partial charge in [0.25, 0.3) is 5.91 Å². The lowest BCUT2D eigenvalue weighted by Crippen LogP contribution is -2.48. The Morgan fingerprint density at radius 1 is 1.04 bits per heavy atom. The van der Waals surface area contributed by atoms with Crippen LogP contribution in [0.25, 0.3) is 22.2 Å².